The molecule has 0 bridgehead atoms. The monoisotopic (exact) mass is 789 g/mol. The Morgan fingerprint density at radius 2 is 1.00 bits per heavy atom. The predicted molar refractivity (Wildman–Crippen MR) is 263 cm³/mol. The lowest BCUT2D eigenvalue weighted by molar-refractivity contribution is 0.752. The molecule has 0 radical (unpaired) electrons. The first kappa shape index (κ1) is 36.1. The molecular weight excluding hydrogens is 747 g/mol. The highest BCUT2D eigenvalue weighted by Gasteiger charge is 2.52. The Labute approximate surface area is 363 Å². The van der Waals surface area contributed by atoms with Gasteiger partial charge in [0.15, 0.2) is 0 Å². The zero-order valence-electron chi connectivity index (χ0n) is 34.6. The van der Waals surface area contributed by atoms with Crippen molar-refractivity contribution in [2.45, 2.75) is 18.8 Å². The molecule has 0 aromatic heterocycles. The molecule has 1 aliphatic heterocycles. The number of hydrogen-bond donors (Lipinski definition) is 0. The number of anilines is 3. The standard InChI is InChI=1S/C61H43N/c1-41(23-24-42-13-3-2-4-14-42)46-31-35-53-54-36-32-51(50-28-26-44-16-6-8-18-48(44)38-50)40-58(54)61(57(53)39-46)55-19-9-11-21-59(55)62(60-22-12-10-20-56(60)61)52-33-29-45(30-34-52)49-27-25-43-15-5-7-17-47(43)37-49/h2-13,15-40H,14H2,1H3/b41-23+,42-24-. The molecule has 9 aromatic carbocycles. The second-order valence-corrected chi connectivity index (χ2v) is 16.9. The predicted octanol–water partition coefficient (Wildman–Crippen LogP) is 16.3. The second kappa shape index (κ2) is 14.5. The van der Waals surface area contributed by atoms with Gasteiger partial charge >= 0.3 is 0 Å². The number of allylic oxidation sites excluding steroid dienone is 8. The van der Waals surface area contributed by atoms with Crippen LogP contribution in [-0.4, -0.2) is 0 Å². The summed E-state index contributed by atoms with van der Waals surface area (Å²) in [5.74, 6) is 0. The summed E-state index contributed by atoms with van der Waals surface area (Å²) >= 11 is 0. The van der Waals surface area contributed by atoms with E-state index in [9.17, 15) is 0 Å². The first-order chi connectivity index (χ1) is 30.6. The Hall–Kier alpha value is -7.74. The molecule has 0 atom stereocenters. The summed E-state index contributed by atoms with van der Waals surface area (Å²) in [7, 11) is 0. The van der Waals surface area contributed by atoms with E-state index in [1.807, 2.05) is 0 Å². The smallest absolute Gasteiger partial charge is 0.0754 e. The van der Waals surface area contributed by atoms with Crippen molar-refractivity contribution in [2.75, 3.05) is 4.90 Å². The number of rotatable bonds is 5. The van der Waals surface area contributed by atoms with Crippen molar-refractivity contribution in [3.63, 3.8) is 0 Å². The number of para-hydroxylation sites is 2. The second-order valence-electron chi connectivity index (χ2n) is 16.9. The van der Waals surface area contributed by atoms with E-state index in [0.717, 1.165) is 12.1 Å². The topological polar surface area (TPSA) is 3.24 Å². The van der Waals surface area contributed by atoms with Gasteiger partial charge < -0.3 is 4.90 Å². The number of hydrogen-bond acceptors (Lipinski definition) is 1. The molecule has 0 saturated carbocycles. The van der Waals surface area contributed by atoms with Crippen LogP contribution in [0.25, 0.3) is 60.5 Å². The van der Waals surface area contributed by atoms with Crippen LogP contribution in [0.3, 0.4) is 0 Å². The maximum Gasteiger partial charge on any atom is 0.0754 e. The molecule has 1 spiro atoms. The third kappa shape index (κ3) is 5.70. The van der Waals surface area contributed by atoms with Crippen molar-refractivity contribution >= 4 is 44.2 Å². The van der Waals surface area contributed by atoms with Gasteiger partial charge in [-0.05, 0) is 156 Å². The fourth-order valence-corrected chi connectivity index (χ4v) is 10.4. The molecule has 9 aromatic rings. The Kier molecular flexibility index (Phi) is 8.43. The van der Waals surface area contributed by atoms with E-state index in [-0.39, 0.29) is 0 Å². The average molecular weight is 790 g/mol. The van der Waals surface area contributed by atoms with Gasteiger partial charge in [-0.2, -0.15) is 0 Å². The van der Waals surface area contributed by atoms with Crippen LogP contribution in [0.15, 0.2) is 236 Å². The zero-order chi connectivity index (χ0) is 41.2. The lowest BCUT2D eigenvalue weighted by atomic mass is 9.64. The minimum absolute atomic E-state index is 0.572. The third-order valence-electron chi connectivity index (χ3n) is 13.4. The van der Waals surface area contributed by atoms with Crippen molar-refractivity contribution in [3.8, 4) is 33.4 Å². The van der Waals surface area contributed by atoms with E-state index in [1.165, 1.54) is 105 Å². The van der Waals surface area contributed by atoms with Gasteiger partial charge in [-0.1, -0.05) is 182 Å². The Balaban J connectivity index is 1.06. The number of benzene rings is 9. The van der Waals surface area contributed by atoms with Crippen LogP contribution in [0, 0.1) is 0 Å². The molecule has 0 unspecified atom stereocenters. The zero-order valence-corrected chi connectivity index (χ0v) is 34.6. The van der Waals surface area contributed by atoms with E-state index in [4.69, 9.17) is 0 Å². The molecule has 0 fully saturated rings. The van der Waals surface area contributed by atoms with E-state index in [2.05, 4.69) is 242 Å². The normalized spacial score (nSPS) is 15.2. The molecule has 1 heterocycles. The quantitative estimate of drug-likeness (QED) is 0.168. The highest BCUT2D eigenvalue weighted by molar-refractivity contribution is 5.98. The Morgan fingerprint density at radius 1 is 0.468 bits per heavy atom. The van der Waals surface area contributed by atoms with Crippen molar-refractivity contribution < 1.29 is 0 Å². The van der Waals surface area contributed by atoms with Gasteiger partial charge in [0.1, 0.15) is 0 Å². The van der Waals surface area contributed by atoms with Crippen molar-refractivity contribution in [1.82, 2.24) is 0 Å². The number of nitrogens with zero attached hydrogens (tertiary/aromatic N) is 1. The number of fused-ring (bicyclic) bond motifs is 11. The maximum absolute atomic E-state index is 2.50. The van der Waals surface area contributed by atoms with Crippen molar-refractivity contribution in [2.24, 2.45) is 0 Å². The SMILES string of the molecule is C/C(=C\C=C1\C=CC=CC1)c1ccc2c(c1)C1(c3cc(-c4ccc5ccccc5c4)ccc3-2)c2ccccc2N(c2ccc(-c3ccc4ccccc4c3)cc2)c2ccccc21. The molecule has 0 amide bonds. The summed E-state index contributed by atoms with van der Waals surface area (Å²) in [4.78, 5) is 2.48. The van der Waals surface area contributed by atoms with Gasteiger partial charge in [-0.25, -0.2) is 0 Å². The minimum Gasteiger partial charge on any atom is -0.310 e. The highest BCUT2D eigenvalue weighted by Crippen LogP contribution is 2.64. The molecule has 2 aliphatic carbocycles. The van der Waals surface area contributed by atoms with E-state index in [0.29, 0.717) is 0 Å². The van der Waals surface area contributed by atoms with Gasteiger partial charge in [-0.15, -0.1) is 0 Å². The van der Waals surface area contributed by atoms with E-state index >= 15 is 0 Å². The Morgan fingerprint density at radius 3 is 1.65 bits per heavy atom. The molecule has 62 heavy (non-hydrogen) atoms. The molecule has 0 N–H and O–H groups in total. The summed E-state index contributed by atoms with van der Waals surface area (Å²) < 4.78 is 0. The van der Waals surface area contributed by atoms with Gasteiger partial charge in [0, 0.05) is 5.69 Å². The molecule has 1 heteroatoms. The first-order valence-corrected chi connectivity index (χ1v) is 21.7. The molecule has 12 rings (SSSR count). The van der Waals surface area contributed by atoms with Gasteiger partial charge in [0.2, 0.25) is 0 Å². The largest absolute Gasteiger partial charge is 0.310 e. The van der Waals surface area contributed by atoms with Crippen LogP contribution in [0.5, 0.6) is 0 Å². The van der Waals surface area contributed by atoms with Gasteiger partial charge in [0.05, 0.1) is 16.8 Å². The molecule has 3 aliphatic rings. The molecule has 0 saturated heterocycles. The van der Waals surface area contributed by atoms with E-state index in [1.54, 1.807) is 0 Å². The highest BCUT2D eigenvalue weighted by atomic mass is 15.2. The van der Waals surface area contributed by atoms with Crippen LogP contribution < -0.4 is 4.90 Å². The lowest BCUT2D eigenvalue weighted by Crippen LogP contribution is -2.36. The van der Waals surface area contributed by atoms with Crippen LogP contribution in [0.1, 0.15) is 41.2 Å². The fraction of sp³-hybridized carbons (Fsp3) is 0.0492. The summed E-state index contributed by atoms with van der Waals surface area (Å²) in [5, 5.41) is 5.02. The first-order valence-electron chi connectivity index (χ1n) is 21.7. The van der Waals surface area contributed by atoms with Crippen molar-refractivity contribution in [1.29, 1.82) is 0 Å². The average Bonchev–Trinajstić information content (AvgIpc) is 3.62. The van der Waals surface area contributed by atoms with Crippen LogP contribution >= 0.6 is 0 Å². The molecular formula is C61H43N. The lowest BCUT2D eigenvalue weighted by Gasteiger charge is -2.45. The van der Waals surface area contributed by atoms with E-state index < -0.39 is 5.41 Å². The Bertz CT molecular complexity index is 3340. The van der Waals surface area contributed by atoms with Crippen LogP contribution in [0.2, 0.25) is 0 Å². The van der Waals surface area contributed by atoms with Gasteiger partial charge in [-0.3, -0.25) is 0 Å². The van der Waals surface area contributed by atoms with Gasteiger partial charge in [0.25, 0.3) is 0 Å². The molecule has 1 nitrogen and oxygen atoms in total. The summed E-state index contributed by atoms with van der Waals surface area (Å²) in [6.45, 7) is 2.25. The molecule has 292 valence electrons. The summed E-state index contributed by atoms with van der Waals surface area (Å²) in [6, 6.07) is 72.7. The van der Waals surface area contributed by atoms with Crippen LogP contribution in [0.4, 0.5) is 17.1 Å². The minimum atomic E-state index is -0.572. The fourth-order valence-electron chi connectivity index (χ4n) is 10.4. The third-order valence-corrected chi connectivity index (χ3v) is 13.4. The van der Waals surface area contributed by atoms with Crippen molar-refractivity contribution in [3.05, 3.63) is 264 Å². The summed E-state index contributed by atoms with van der Waals surface area (Å²) in [5.41, 5.74) is 19.4. The van der Waals surface area contributed by atoms with Crippen LogP contribution in [-0.2, 0) is 5.41 Å². The maximum atomic E-state index is 2.50. The summed E-state index contributed by atoms with van der Waals surface area (Å²) in [6.07, 6.45) is 14.2.